The lowest BCUT2D eigenvalue weighted by molar-refractivity contribution is -0.160. The molecule has 1 atom stereocenters. The molecular weight excluding hydrogens is 724 g/mol. The van der Waals surface area contributed by atoms with Crippen molar-refractivity contribution in [2.24, 2.45) is 0 Å². The van der Waals surface area contributed by atoms with Gasteiger partial charge in [0.25, 0.3) is 0 Å². The Kier molecular flexibility index (Phi) is 15.8. The fraction of sp³-hybridized carbons (Fsp3) is 0.561. The molecule has 1 aliphatic carbocycles. The summed E-state index contributed by atoms with van der Waals surface area (Å²) in [6.45, 7) is 14.3. The summed E-state index contributed by atoms with van der Waals surface area (Å²) in [5.74, 6) is -3.18. The zero-order valence-electron chi connectivity index (χ0n) is 34.1. The van der Waals surface area contributed by atoms with Crippen LogP contribution in [0.3, 0.4) is 0 Å². The van der Waals surface area contributed by atoms with Crippen molar-refractivity contribution in [2.45, 2.75) is 104 Å². The molecule has 0 saturated heterocycles. The van der Waals surface area contributed by atoms with Gasteiger partial charge < -0.3 is 34.7 Å². The molecule has 0 heterocycles. The van der Waals surface area contributed by atoms with Crippen LogP contribution in [-0.4, -0.2) is 120 Å². The summed E-state index contributed by atoms with van der Waals surface area (Å²) in [5, 5.41) is 14.9. The van der Waals surface area contributed by atoms with Crippen LogP contribution < -0.4 is 10.6 Å². The van der Waals surface area contributed by atoms with E-state index in [9.17, 15) is 33.9 Å². The van der Waals surface area contributed by atoms with E-state index < -0.39 is 65.4 Å². The van der Waals surface area contributed by atoms with E-state index in [1.807, 2.05) is 48.5 Å². The van der Waals surface area contributed by atoms with Gasteiger partial charge in [0.2, 0.25) is 5.91 Å². The summed E-state index contributed by atoms with van der Waals surface area (Å²) in [6, 6.07) is 14.5. The quantitative estimate of drug-likeness (QED) is 0.110. The molecule has 56 heavy (non-hydrogen) atoms. The van der Waals surface area contributed by atoms with Crippen molar-refractivity contribution in [1.29, 1.82) is 0 Å². The smallest absolute Gasteiger partial charge is 0.410 e. The van der Waals surface area contributed by atoms with Gasteiger partial charge in [-0.2, -0.15) is 0 Å². The highest BCUT2D eigenvalue weighted by molar-refractivity contribution is 5.83. The molecule has 3 N–H and O–H groups in total. The lowest BCUT2D eigenvalue weighted by Gasteiger charge is -2.30. The molecule has 15 heteroatoms. The molecule has 3 amide bonds. The maximum Gasteiger partial charge on any atom is 0.410 e. The van der Waals surface area contributed by atoms with E-state index in [1.54, 1.807) is 62.3 Å². The Morgan fingerprint density at radius 2 is 1.21 bits per heavy atom. The largest absolute Gasteiger partial charge is 0.480 e. The number of carboxylic acids is 1. The van der Waals surface area contributed by atoms with Gasteiger partial charge in [-0.1, -0.05) is 48.5 Å². The Bertz CT molecular complexity index is 1630. The summed E-state index contributed by atoms with van der Waals surface area (Å²) >= 11 is 0. The van der Waals surface area contributed by atoms with Crippen LogP contribution in [0, 0.1) is 0 Å². The lowest BCUT2D eigenvalue weighted by Crippen LogP contribution is -2.48. The van der Waals surface area contributed by atoms with Gasteiger partial charge in [0, 0.05) is 25.6 Å². The second-order valence-electron chi connectivity index (χ2n) is 16.6. The topological polar surface area (TPSA) is 190 Å². The Labute approximate surface area is 329 Å². The standard InChI is InChI=1S/C41H58N4O11/c1-39(2,3)54-34(47)24-44(25-35(48)55-40(4,5)6)21-22-45(38(52)56-41(7,8)9)23-33(46)42-20-14-19-32(36(49)50)43-37(51)53-26-31-29-17-12-10-15-27(29)28-16-11-13-18-30(28)31/h10-13,15-18,31-32H,14,19-26H2,1-9H3,(H,42,46)(H,43,51)(H,49,50)/t32-/m0/s1. The first kappa shape index (κ1) is 45.2. The van der Waals surface area contributed by atoms with Crippen molar-refractivity contribution in [3.63, 3.8) is 0 Å². The third-order valence-electron chi connectivity index (χ3n) is 8.14. The van der Waals surface area contributed by atoms with Crippen LogP contribution >= 0.6 is 0 Å². The zero-order chi connectivity index (χ0) is 41.8. The predicted octanol–water partition coefficient (Wildman–Crippen LogP) is 5.10. The normalized spacial score (nSPS) is 13.2. The third kappa shape index (κ3) is 15.5. The maximum atomic E-state index is 13.2. The van der Waals surface area contributed by atoms with Crippen molar-refractivity contribution in [2.75, 3.05) is 45.9 Å². The van der Waals surface area contributed by atoms with Crippen LogP contribution in [0.15, 0.2) is 48.5 Å². The molecule has 0 saturated carbocycles. The van der Waals surface area contributed by atoms with Crippen LogP contribution in [0.5, 0.6) is 0 Å². The molecule has 0 spiro atoms. The highest BCUT2D eigenvalue weighted by Gasteiger charge is 2.31. The fourth-order valence-electron chi connectivity index (χ4n) is 5.95. The zero-order valence-corrected chi connectivity index (χ0v) is 34.1. The molecule has 0 bridgehead atoms. The van der Waals surface area contributed by atoms with Gasteiger partial charge >= 0.3 is 30.1 Å². The Hall–Kier alpha value is -5.18. The van der Waals surface area contributed by atoms with Crippen molar-refractivity contribution in [1.82, 2.24) is 20.4 Å². The molecule has 3 rings (SSSR count). The van der Waals surface area contributed by atoms with Gasteiger partial charge in [0.05, 0.1) is 13.1 Å². The number of hydrogen-bond donors (Lipinski definition) is 3. The molecule has 0 aromatic heterocycles. The van der Waals surface area contributed by atoms with Gasteiger partial charge in [-0.3, -0.25) is 24.2 Å². The number of aliphatic carboxylic acids is 1. The summed E-state index contributed by atoms with van der Waals surface area (Å²) in [6.07, 6.45) is -1.50. The minimum atomic E-state index is -1.28. The predicted molar refractivity (Wildman–Crippen MR) is 208 cm³/mol. The van der Waals surface area contributed by atoms with E-state index in [4.69, 9.17) is 18.9 Å². The van der Waals surface area contributed by atoms with Crippen molar-refractivity contribution in [3.05, 3.63) is 59.7 Å². The van der Waals surface area contributed by atoms with Crippen molar-refractivity contribution < 1.29 is 52.8 Å². The summed E-state index contributed by atoms with van der Waals surface area (Å²) in [7, 11) is 0. The minimum absolute atomic E-state index is 0.00710. The second kappa shape index (κ2) is 19.6. The van der Waals surface area contributed by atoms with Crippen LogP contribution in [-0.2, 0) is 38.1 Å². The number of carbonyl (C=O) groups excluding carboxylic acids is 5. The molecule has 15 nitrogen and oxygen atoms in total. The van der Waals surface area contributed by atoms with E-state index in [1.165, 1.54) is 4.90 Å². The SMILES string of the molecule is CC(C)(C)OC(=O)CN(CCN(CC(=O)NCCC[C@H](NC(=O)OCC1c2ccccc2-c2ccccc21)C(=O)O)C(=O)OC(C)(C)C)CC(=O)OC(C)(C)C. The van der Waals surface area contributed by atoms with Crippen molar-refractivity contribution >= 4 is 36.0 Å². The summed E-state index contributed by atoms with van der Waals surface area (Å²) < 4.78 is 21.9. The van der Waals surface area contributed by atoms with Crippen LogP contribution in [0.4, 0.5) is 9.59 Å². The first-order chi connectivity index (χ1) is 26.0. The number of carboxylic acid groups (broad SMARTS) is 1. The summed E-state index contributed by atoms with van der Waals surface area (Å²) in [4.78, 5) is 79.0. The van der Waals surface area contributed by atoms with E-state index >= 15 is 0 Å². The molecule has 0 radical (unpaired) electrons. The van der Waals surface area contributed by atoms with Crippen LogP contribution in [0.25, 0.3) is 11.1 Å². The first-order valence-electron chi connectivity index (χ1n) is 18.8. The third-order valence-corrected chi connectivity index (χ3v) is 8.14. The number of carbonyl (C=O) groups is 6. The van der Waals surface area contributed by atoms with Gasteiger partial charge in [0.15, 0.2) is 0 Å². The molecule has 2 aromatic rings. The molecule has 0 fully saturated rings. The number of rotatable bonds is 17. The number of alkyl carbamates (subject to hydrolysis) is 1. The number of nitrogens with zero attached hydrogens (tertiary/aromatic N) is 2. The van der Waals surface area contributed by atoms with E-state index in [0.717, 1.165) is 27.2 Å². The van der Waals surface area contributed by atoms with Gasteiger partial charge in [-0.25, -0.2) is 14.4 Å². The summed E-state index contributed by atoms with van der Waals surface area (Å²) in [5.41, 5.74) is 1.76. The second-order valence-corrected chi connectivity index (χ2v) is 16.6. The molecular formula is C41H58N4O11. The van der Waals surface area contributed by atoms with Gasteiger partial charge in [-0.05, 0) is 97.4 Å². The van der Waals surface area contributed by atoms with Crippen molar-refractivity contribution in [3.8, 4) is 11.1 Å². The number of amides is 3. The number of ether oxygens (including phenoxy) is 4. The van der Waals surface area contributed by atoms with Crippen LogP contribution in [0.1, 0.15) is 92.2 Å². The van der Waals surface area contributed by atoms with Gasteiger partial charge in [-0.15, -0.1) is 0 Å². The maximum absolute atomic E-state index is 13.2. The number of benzene rings is 2. The molecule has 308 valence electrons. The first-order valence-corrected chi connectivity index (χ1v) is 18.8. The highest BCUT2D eigenvalue weighted by atomic mass is 16.6. The lowest BCUT2D eigenvalue weighted by atomic mass is 9.98. The molecule has 2 aromatic carbocycles. The fourth-order valence-corrected chi connectivity index (χ4v) is 5.95. The number of nitrogens with one attached hydrogen (secondary N) is 2. The molecule has 1 aliphatic rings. The Morgan fingerprint density at radius 3 is 1.70 bits per heavy atom. The van der Waals surface area contributed by atoms with Crippen LogP contribution in [0.2, 0.25) is 0 Å². The Morgan fingerprint density at radius 1 is 0.714 bits per heavy atom. The average molecular weight is 783 g/mol. The van der Waals surface area contributed by atoms with Gasteiger partial charge in [0.1, 0.15) is 36.0 Å². The van der Waals surface area contributed by atoms with E-state index in [2.05, 4.69) is 10.6 Å². The van der Waals surface area contributed by atoms with E-state index in [0.29, 0.717) is 0 Å². The molecule has 0 unspecified atom stereocenters. The number of fused-ring (bicyclic) bond motifs is 3. The number of hydrogen-bond acceptors (Lipinski definition) is 11. The average Bonchev–Trinajstić information content (AvgIpc) is 3.37. The number of esters is 2. The molecule has 0 aliphatic heterocycles. The monoisotopic (exact) mass is 782 g/mol. The highest BCUT2D eigenvalue weighted by Crippen LogP contribution is 2.44. The van der Waals surface area contributed by atoms with E-state index in [-0.39, 0.29) is 58.1 Å². The minimum Gasteiger partial charge on any atom is -0.480 e. The Balaban J connectivity index is 1.56.